The summed E-state index contributed by atoms with van der Waals surface area (Å²) in [6.07, 6.45) is 5.56. The van der Waals surface area contributed by atoms with Crippen LogP contribution in [0.25, 0.3) is 0 Å². The number of carbonyl (C=O) groups is 2. The number of imide groups is 1. The van der Waals surface area contributed by atoms with Gasteiger partial charge in [-0.15, -0.1) is 0 Å². The van der Waals surface area contributed by atoms with Crippen LogP contribution >= 0.6 is 0 Å². The average Bonchev–Trinajstić information content (AvgIpc) is 3.07. The minimum Gasteiger partial charge on any atom is -0.497 e. The molecular weight excluding hydrogens is 392 g/mol. The average molecular weight is 425 g/mol. The SMILES string of the molecule is CCCCCCOc1ccc(N2C(=O)C[C@@H](NCCc3ccc(OC)cc3)C2=O)cc1. The number of anilines is 1. The van der Waals surface area contributed by atoms with E-state index in [9.17, 15) is 9.59 Å². The van der Waals surface area contributed by atoms with E-state index in [1.54, 1.807) is 19.2 Å². The van der Waals surface area contributed by atoms with Crippen molar-refractivity contribution in [3.63, 3.8) is 0 Å². The summed E-state index contributed by atoms with van der Waals surface area (Å²) in [5.74, 6) is 1.19. The van der Waals surface area contributed by atoms with Crippen LogP contribution in [0.3, 0.4) is 0 Å². The van der Waals surface area contributed by atoms with E-state index in [2.05, 4.69) is 12.2 Å². The molecule has 2 aromatic rings. The maximum absolute atomic E-state index is 12.8. The number of methoxy groups -OCH3 is 1. The summed E-state index contributed by atoms with van der Waals surface area (Å²) in [5, 5.41) is 3.23. The fraction of sp³-hybridized carbons (Fsp3) is 0.440. The first-order valence-electron chi connectivity index (χ1n) is 11.1. The minimum absolute atomic E-state index is 0.178. The van der Waals surface area contributed by atoms with Crippen molar-refractivity contribution < 1.29 is 19.1 Å². The molecule has 6 nitrogen and oxygen atoms in total. The molecule has 0 spiro atoms. The van der Waals surface area contributed by atoms with Gasteiger partial charge in [0.15, 0.2) is 0 Å². The van der Waals surface area contributed by atoms with Crippen LogP contribution in [0.1, 0.15) is 44.6 Å². The van der Waals surface area contributed by atoms with E-state index >= 15 is 0 Å². The van der Waals surface area contributed by atoms with Gasteiger partial charge in [0.1, 0.15) is 11.5 Å². The fourth-order valence-corrected chi connectivity index (χ4v) is 3.66. The van der Waals surface area contributed by atoms with Gasteiger partial charge in [0.25, 0.3) is 5.91 Å². The quantitative estimate of drug-likeness (QED) is 0.410. The Morgan fingerprint density at radius 1 is 0.968 bits per heavy atom. The van der Waals surface area contributed by atoms with Crippen LogP contribution in [0.2, 0.25) is 0 Å². The second-order valence-corrected chi connectivity index (χ2v) is 7.78. The molecule has 2 amide bonds. The lowest BCUT2D eigenvalue weighted by molar-refractivity contribution is -0.121. The highest BCUT2D eigenvalue weighted by molar-refractivity contribution is 6.22. The first-order chi connectivity index (χ1) is 15.1. The van der Waals surface area contributed by atoms with Gasteiger partial charge >= 0.3 is 0 Å². The fourth-order valence-electron chi connectivity index (χ4n) is 3.66. The standard InChI is InChI=1S/C25H32N2O4/c1-3-4-5-6-17-31-22-13-9-20(10-14-22)27-24(28)18-23(25(27)29)26-16-15-19-7-11-21(30-2)12-8-19/h7-14,23,26H,3-6,15-18H2,1-2H3/t23-/m1/s1. The van der Waals surface area contributed by atoms with Gasteiger partial charge in [0.2, 0.25) is 5.91 Å². The second kappa shape index (κ2) is 11.5. The second-order valence-electron chi connectivity index (χ2n) is 7.78. The van der Waals surface area contributed by atoms with Gasteiger partial charge in [0, 0.05) is 0 Å². The molecule has 3 rings (SSSR count). The molecule has 166 valence electrons. The highest BCUT2D eigenvalue weighted by Gasteiger charge is 2.39. The molecule has 0 aliphatic carbocycles. The van der Waals surface area contributed by atoms with Crippen molar-refractivity contribution >= 4 is 17.5 Å². The number of ether oxygens (including phenoxy) is 2. The first-order valence-corrected chi connectivity index (χ1v) is 11.1. The number of nitrogens with zero attached hydrogens (tertiary/aromatic N) is 1. The topological polar surface area (TPSA) is 67.9 Å². The summed E-state index contributed by atoms with van der Waals surface area (Å²) >= 11 is 0. The van der Waals surface area contributed by atoms with E-state index in [1.165, 1.54) is 17.7 Å². The Labute approximate surface area is 184 Å². The van der Waals surface area contributed by atoms with Gasteiger partial charge in [-0.25, -0.2) is 4.90 Å². The number of nitrogens with one attached hydrogen (secondary N) is 1. The maximum atomic E-state index is 12.8. The van der Waals surface area contributed by atoms with Crippen LogP contribution in [0, 0.1) is 0 Å². The molecule has 1 saturated heterocycles. The van der Waals surface area contributed by atoms with Crippen molar-refractivity contribution in [1.82, 2.24) is 5.32 Å². The summed E-state index contributed by atoms with van der Waals surface area (Å²) in [6, 6.07) is 14.5. The Morgan fingerprint density at radius 3 is 2.35 bits per heavy atom. The Hall–Kier alpha value is -2.86. The minimum atomic E-state index is -0.486. The summed E-state index contributed by atoms with van der Waals surface area (Å²) < 4.78 is 10.9. The van der Waals surface area contributed by atoms with Crippen LogP contribution < -0.4 is 19.7 Å². The molecule has 0 unspecified atom stereocenters. The number of hydrogen-bond acceptors (Lipinski definition) is 5. The van der Waals surface area contributed by atoms with E-state index in [1.807, 2.05) is 36.4 Å². The Bertz CT molecular complexity index is 849. The monoisotopic (exact) mass is 424 g/mol. The molecule has 0 radical (unpaired) electrons. The van der Waals surface area contributed by atoms with Crippen molar-refractivity contribution in [2.45, 2.75) is 51.5 Å². The van der Waals surface area contributed by atoms with Gasteiger partial charge in [-0.2, -0.15) is 0 Å². The molecule has 1 fully saturated rings. The van der Waals surface area contributed by atoms with E-state index in [0.717, 1.165) is 36.3 Å². The number of amides is 2. The predicted molar refractivity (Wildman–Crippen MR) is 122 cm³/mol. The van der Waals surface area contributed by atoms with Gasteiger partial charge in [-0.05, 0) is 61.3 Å². The maximum Gasteiger partial charge on any atom is 0.251 e. The van der Waals surface area contributed by atoms with Crippen LogP contribution in [0.5, 0.6) is 11.5 Å². The third-order valence-electron chi connectivity index (χ3n) is 5.47. The summed E-state index contributed by atoms with van der Waals surface area (Å²) in [7, 11) is 1.64. The number of carbonyl (C=O) groups excluding carboxylic acids is 2. The van der Waals surface area contributed by atoms with E-state index in [0.29, 0.717) is 18.8 Å². The van der Waals surface area contributed by atoms with Crippen molar-refractivity contribution in [3.8, 4) is 11.5 Å². The van der Waals surface area contributed by atoms with Gasteiger partial charge in [0.05, 0.1) is 31.9 Å². The number of benzene rings is 2. The zero-order valence-electron chi connectivity index (χ0n) is 18.4. The molecule has 1 heterocycles. The van der Waals surface area contributed by atoms with Crippen LogP contribution in [0.4, 0.5) is 5.69 Å². The van der Waals surface area contributed by atoms with Gasteiger partial charge < -0.3 is 14.8 Å². The smallest absolute Gasteiger partial charge is 0.251 e. The first kappa shape index (κ1) is 22.8. The molecule has 1 aliphatic heterocycles. The summed E-state index contributed by atoms with van der Waals surface area (Å²) in [5.41, 5.74) is 1.74. The van der Waals surface area contributed by atoms with E-state index in [-0.39, 0.29) is 18.2 Å². The van der Waals surface area contributed by atoms with Crippen molar-refractivity contribution in [1.29, 1.82) is 0 Å². The van der Waals surface area contributed by atoms with Crippen molar-refractivity contribution in [2.75, 3.05) is 25.2 Å². The molecule has 0 aromatic heterocycles. The lowest BCUT2D eigenvalue weighted by Crippen LogP contribution is -2.39. The highest BCUT2D eigenvalue weighted by Crippen LogP contribution is 2.25. The molecule has 2 aromatic carbocycles. The predicted octanol–water partition coefficient (Wildman–Crippen LogP) is 4.12. The number of unbranched alkanes of at least 4 members (excludes halogenated alkanes) is 3. The third kappa shape index (κ3) is 6.31. The van der Waals surface area contributed by atoms with E-state index < -0.39 is 6.04 Å². The van der Waals surface area contributed by atoms with Crippen molar-refractivity contribution in [2.24, 2.45) is 0 Å². The lowest BCUT2D eigenvalue weighted by Gasteiger charge is -2.16. The summed E-state index contributed by atoms with van der Waals surface area (Å²) in [6.45, 7) is 3.48. The van der Waals surface area contributed by atoms with E-state index in [4.69, 9.17) is 9.47 Å². The normalized spacial score (nSPS) is 16.1. The largest absolute Gasteiger partial charge is 0.497 e. The molecule has 1 atom stereocenters. The van der Waals surface area contributed by atoms with Crippen molar-refractivity contribution in [3.05, 3.63) is 54.1 Å². The molecular formula is C25H32N2O4. The zero-order chi connectivity index (χ0) is 22.1. The number of hydrogen-bond donors (Lipinski definition) is 1. The molecule has 0 bridgehead atoms. The van der Waals surface area contributed by atoms with Crippen LogP contribution in [0.15, 0.2) is 48.5 Å². The molecule has 1 aliphatic rings. The molecule has 1 N–H and O–H groups in total. The molecule has 0 saturated carbocycles. The number of rotatable bonds is 12. The van der Waals surface area contributed by atoms with Gasteiger partial charge in [-0.3, -0.25) is 9.59 Å². The molecule has 31 heavy (non-hydrogen) atoms. The Balaban J connectivity index is 1.48. The van der Waals surface area contributed by atoms with Crippen LogP contribution in [-0.2, 0) is 16.0 Å². The lowest BCUT2D eigenvalue weighted by atomic mass is 10.1. The summed E-state index contributed by atoms with van der Waals surface area (Å²) in [4.78, 5) is 26.5. The Kier molecular flexibility index (Phi) is 8.47. The van der Waals surface area contributed by atoms with Gasteiger partial charge in [-0.1, -0.05) is 38.3 Å². The van der Waals surface area contributed by atoms with Crippen LogP contribution in [-0.4, -0.2) is 38.1 Å². The Morgan fingerprint density at radius 2 is 1.68 bits per heavy atom. The highest BCUT2D eigenvalue weighted by atomic mass is 16.5. The zero-order valence-corrected chi connectivity index (χ0v) is 18.4. The third-order valence-corrected chi connectivity index (χ3v) is 5.47. The molecule has 6 heteroatoms.